The van der Waals surface area contributed by atoms with Crippen LogP contribution in [0, 0.1) is 23.4 Å². The predicted octanol–water partition coefficient (Wildman–Crippen LogP) is 4.74. The first-order chi connectivity index (χ1) is 29.6. The molecule has 5 aromatic rings. The molecule has 16 nitrogen and oxygen atoms in total. The van der Waals surface area contributed by atoms with Crippen molar-refractivity contribution in [1.29, 1.82) is 0 Å². The number of ketones is 1. The second kappa shape index (κ2) is 17.0. The van der Waals surface area contributed by atoms with E-state index in [1.165, 1.54) is 19.3 Å². The normalized spacial score (nSPS) is 18.6. The molecular formula is C42H45F3N10O6S. The standard InChI is InChI=1S/C42H45F3N10O6S/c1-3-53(2)62(60,61)52-32-6-5-30(43)36(37(32)45)38(57)29-23-47-39-28(29)18-24(20-46-39)25-21-48-41(49-22-25)55-16-12-42(59,13-17-55)26-10-14-54(15-11-26)34-8-4-27(19-31(34)44)50-33-7-9-35(56)51-40(33)58/h4-6,8,18-23,26,33,50,52,59H,3,7,9-17H2,1-2H3,(H,46,47)(H,51,56,58). The molecule has 2 aromatic carbocycles. The topological polar surface area (TPSA) is 206 Å². The van der Waals surface area contributed by atoms with Crippen LogP contribution in [0.1, 0.15) is 61.4 Å². The number of aliphatic hydroxyl groups is 1. The predicted molar refractivity (Wildman–Crippen MR) is 225 cm³/mol. The molecule has 0 radical (unpaired) electrons. The maximum absolute atomic E-state index is 15.6. The van der Waals surface area contributed by atoms with E-state index in [-0.39, 0.29) is 41.4 Å². The highest BCUT2D eigenvalue weighted by Gasteiger charge is 2.42. The van der Waals surface area contributed by atoms with Gasteiger partial charge in [0, 0.05) is 98.7 Å². The number of halogens is 3. The fourth-order valence-corrected chi connectivity index (χ4v) is 9.32. The summed E-state index contributed by atoms with van der Waals surface area (Å²) < 4.78 is 74.0. The lowest BCUT2D eigenvalue weighted by atomic mass is 9.74. The first-order valence-electron chi connectivity index (χ1n) is 20.3. The van der Waals surface area contributed by atoms with E-state index < -0.39 is 62.2 Å². The van der Waals surface area contributed by atoms with Crippen LogP contribution in [0.15, 0.2) is 61.2 Å². The molecule has 20 heteroatoms. The van der Waals surface area contributed by atoms with Crippen LogP contribution in [0.3, 0.4) is 0 Å². The van der Waals surface area contributed by atoms with Crippen LogP contribution in [0.4, 0.5) is 36.2 Å². The van der Waals surface area contributed by atoms with Crippen molar-refractivity contribution in [3.05, 3.63) is 89.8 Å². The van der Waals surface area contributed by atoms with E-state index in [2.05, 4.69) is 35.3 Å². The Kier molecular flexibility index (Phi) is 11.7. The van der Waals surface area contributed by atoms with Gasteiger partial charge in [-0.2, -0.15) is 12.7 Å². The van der Waals surface area contributed by atoms with Gasteiger partial charge in [-0.3, -0.25) is 24.4 Å². The van der Waals surface area contributed by atoms with Gasteiger partial charge < -0.3 is 25.2 Å². The van der Waals surface area contributed by atoms with Crippen LogP contribution in [-0.4, -0.2) is 107 Å². The Morgan fingerprint density at radius 2 is 1.65 bits per heavy atom. The van der Waals surface area contributed by atoms with E-state index >= 15 is 13.2 Å². The Balaban J connectivity index is 0.885. The number of hydrogen-bond donors (Lipinski definition) is 5. The number of fused-ring (bicyclic) bond motifs is 1. The third kappa shape index (κ3) is 8.41. The summed E-state index contributed by atoms with van der Waals surface area (Å²) >= 11 is 0. The highest BCUT2D eigenvalue weighted by molar-refractivity contribution is 7.90. The van der Waals surface area contributed by atoms with Gasteiger partial charge in [-0.05, 0) is 74.4 Å². The largest absolute Gasteiger partial charge is 0.389 e. The van der Waals surface area contributed by atoms with Crippen molar-refractivity contribution in [2.24, 2.45) is 5.92 Å². The lowest BCUT2D eigenvalue weighted by molar-refractivity contribution is -0.133. The molecule has 1 unspecified atom stereocenters. The van der Waals surface area contributed by atoms with Gasteiger partial charge in [0.15, 0.2) is 5.82 Å². The van der Waals surface area contributed by atoms with Gasteiger partial charge in [0.05, 0.1) is 22.5 Å². The third-order valence-corrected chi connectivity index (χ3v) is 13.8. The number of piperidine rings is 3. The van der Waals surface area contributed by atoms with E-state index in [1.54, 1.807) is 43.7 Å². The summed E-state index contributed by atoms with van der Waals surface area (Å²) in [6.07, 6.45) is 8.95. The Morgan fingerprint density at radius 3 is 2.32 bits per heavy atom. The number of amides is 2. The number of carbonyl (C=O) groups excluding carboxylic acids is 3. The van der Waals surface area contributed by atoms with Gasteiger partial charge in [-0.15, -0.1) is 0 Å². The molecule has 3 saturated heterocycles. The Hall–Kier alpha value is -6.12. The van der Waals surface area contributed by atoms with E-state index in [1.807, 2.05) is 9.80 Å². The minimum atomic E-state index is -4.16. The summed E-state index contributed by atoms with van der Waals surface area (Å²) in [5.74, 6) is -4.21. The van der Waals surface area contributed by atoms with E-state index in [4.69, 9.17) is 0 Å². The molecule has 3 aliphatic heterocycles. The molecule has 6 heterocycles. The van der Waals surface area contributed by atoms with Crippen molar-refractivity contribution in [1.82, 2.24) is 29.6 Å². The fourth-order valence-electron chi connectivity index (χ4n) is 8.39. The Morgan fingerprint density at radius 1 is 0.935 bits per heavy atom. The zero-order chi connectivity index (χ0) is 43.9. The van der Waals surface area contributed by atoms with Gasteiger partial charge in [0.25, 0.3) is 0 Å². The molecule has 3 aromatic heterocycles. The first kappa shape index (κ1) is 42.6. The van der Waals surface area contributed by atoms with Gasteiger partial charge in [0.2, 0.25) is 23.5 Å². The van der Waals surface area contributed by atoms with Crippen LogP contribution in [0.2, 0.25) is 0 Å². The smallest absolute Gasteiger partial charge is 0.301 e. The van der Waals surface area contributed by atoms with Crippen molar-refractivity contribution in [2.45, 2.75) is 57.1 Å². The summed E-state index contributed by atoms with van der Waals surface area (Å²) in [4.78, 5) is 57.6. The number of H-pyrrole nitrogens is 1. The maximum Gasteiger partial charge on any atom is 0.301 e. The van der Waals surface area contributed by atoms with E-state index in [0.717, 1.165) is 16.4 Å². The van der Waals surface area contributed by atoms with Crippen molar-refractivity contribution in [3.63, 3.8) is 0 Å². The van der Waals surface area contributed by atoms with E-state index in [0.29, 0.717) is 86.7 Å². The van der Waals surface area contributed by atoms with Crippen molar-refractivity contribution < 1.29 is 41.1 Å². The molecule has 1 atom stereocenters. The number of hydrogen-bond acceptors (Lipinski definition) is 12. The van der Waals surface area contributed by atoms with E-state index in [9.17, 15) is 27.9 Å². The summed E-state index contributed by atoms with van der Waals surface area (Å²) in [6.45, 7) is 3.84. The molecule has 8 rings (SSSR count). The van der Waals surface area contributed by atoms with Gasteiger partial charge in [0.1, 0.15) is 23.3 Å². The number of aromatic nitrogens is 4. The number of benzene rings is 2. The van der Waals surface area contributed by atoms with Crippen molar-refractivity contribution in [3.8, 4) is 11.1 Å². The summed E-state index contributed by atoms with van der Waals surface area (Å²) in [6, 6.07) is 7.52. The average molecular weight is 875 g/mol. The summed E-state index contributed by atoms with van der Waals surface area (Å²) in [5, 5.41) is 17.4. The molecular weight excluding hydrogens is 830 g/mol. The quantitative estimate of drug-likeness (QED) is 0.0852. The molecule has 0 saturated carbocycles. The van der Waals surface area contributed by atoms with Gasteiger partial charge >= 0.3 is 10.2 Å². The molecule has 0 aliphatic carbocycles. The number of anilines is 4. The Bertz CT molecular complexity index is 2650. The number of carbonyl (C=O) groups is 3. The molecule has 0 bridgehead atoms. The lowest BCUT2D eigenvalue weighted by Crippen LogP contribution is -2.52. The van der Waals surface area contributed by atoms with Gasteiger partial charge in [-0.1, -0.05) is 6.92 Å². The highest BCUT2D eigenvalue weighted by Crippen LogP contribution is 2.39. The number of rotatable bonds is 12. The molecule has 3 fully saturated rings. The lowest BCUT2D eigenvalue weighted by Gasteiger charge is -2.46. The van der Waals surface area contributed by atoms with Crippen molar-refractivity contribution in [2.75, 3.05) is 59.6 Å². The highest BCUT2D eigenvalue weighted by atomic mass is 32.2. The van der Waals surface area contributed by atoms with Crippen LogP contribution < -0.4 is 25.2 Å². The SMILES string of the molecule is CCN(C)S(=O)(=O)Nc1ccc(F)c(C(=O)c2c[nH]c3ncc(-c4cnc(N5CCC(O)(C6CCN(c7ccc(NC8CCC(=O)NC8=O)cc7F)CC6)CC5)nc4)cc23)c1F. The zero-order valence-electron chi connectivity index (χ0n) is 33.9. The number of nitrogens with zero attached hydrogens (tertiary/aromatic N) is 6. The fraction of sp³-hybridized carbons (Fsp3) is 0.381. The number of aromatic amines is 1. The zero-order valence-corrected chi connectivity index (χ0v) is 34.7. The molecule has 5 N–H and O–H groups in total. The minimum absolute atomic E-state index is 0.0193. The molecule has 2 amide bonds. The number of nitrogens with one attached hydrogen (secondary N) is 4. The minimum Gasteiger partial charge on any atom is -0.389 e. The molecule has 326 valence electrons. The van der Waals surface area contributed by atoms with Crippen LogP contribution in [0.5, 0.6) is 0 Å². The first-order valence-corrected chi connectivity index (χ1v) is 21.8. The molecule has 3 aliphatic rings. The second-order valence-electron chi connectivity index (χ2n) is 15.9. The average Bonchev–Trinajstić information content (AvgIpc) is 3.69. The summed E-state index contributed by atoms with van der Waals surface area (Å²) in [5.41, 5.74) is -0.206. The monoisotopic (exact) mass is 874 g/mol. The maximum atomic E-state index is 15.6. The van der Waals surface area contributed by atoms with Crippen LogP contribution in [-0.2, 0) is 19.8 Å². The van der Waals surface area contributed by atoms with Crippen LogP contribution in [0.25, 0.3) is 22.2 Å². The van der Waals surface area contributed by atoms with Gasteiger partial charge in [-0.25, -0.2) is 28.1 Å². The van der Waals surface area contributed by atoms with Crippen LogP contribution >= 0.6 is 0 Å². The number of imide groups is 1. The second-order valence-corrected chi connectivity index (χ2v) is 17.7. The Labute approximate surface area is 355 Å². The van der Waals surface area contributed by atoms with Crippen molar-refractivity contribution >= 4 is 61.9 Å². The summed E-state index contributed by atoms with van der Waals surface area (Å²) in [7, 11) is -2.87. The number of pyridine rings is 1. The molecule has 0 spiro atoms. The third-order valence-electron chi connectivity index (χ3n) is 12.2. The molecule has 62 heavy (non-hydrogen) atoms.